The molecule has 3 aromatic carbocycles. The van der Waals surface area contributed by atoms with Gasteiger partial charge in [0.2, 0.25) is 15.9 Å². The molecule has 0 aliphatic rings. The lowest BCUT2D eigenvalue weighted by atomic mass is 10.0. The smallest absolute Gasteiger partial charge is 0.241 e. The molecule has 0 unspecified atom stereocenters. The first kappa shape index (κ1) is 19.9. The van der Waals surface area contributed by atoms with Crippen molar-refractivity contribution in [2.24, 2.45) is 0 Å². The summed E-state index contributed by atoms with van der Waals surface area (Å²) in [6.07, 6.45) is 0. The molecule has 0 aromatic heterocycles. The van der Waals surface area contributed by atoms with Gasteiger partial charge in [-0.1, -0.05) is 42.5 Å². The zero-order chi connectivity index (χ0) is 20.3. The fraction of sp³-hybridized carbons (Fsp3) is 0.190. The first-order valence-electron chi connectivity index (χ1n) is 8.77. The summed E-state index contributed by atoms with van der Waals surface area (Å²) in [5, 5.41) is 4.66. The van der Waals surface area contributed by atoms with Crippen molar-refractivity contribution in [2.75, 3.05) is 12.4 Å². The van der Waals surface area contributed by atoms with Gasteiger partial charge in [-0.15, -0.1) is 0 Å². The van der Waals surface area contributed by atoms with E-state index in [9.17, 15) is 13.2 Å². The van der Waals surface area contributed by atoms with Crippen LogP contribution in [0.4, 0.5) is 5.69 Å². The Kier molecular flexibility index (Phi) is 5.67. The maximum Gasteiger partial charge on any atom is 0.241 e. The molecule has 1 amide bonds. The number of fused-ring (bicyclic) bond motifs is 1. The third-order valence-electron chi connectivity index (χ3n) is 4.42. The molecule has 6 nitrogen and oxygen atoms in total. The summed E-state index contributed by atoms with van der Waals surface area (Å²) in [5.41, 5.74) is 1.31. The average molecular weight is 398 g/mol. The van der Waals surface area contributed by atoms with E-state index in [1.165, 1.54) is 32.2 Å². The van der Waals surface area contributed by atoms with E-state index in [2.05, 4.69) is 10.0 Å². The van der Waals surface area contributed by atoms with E-state index < -0.39 is 16.1 Å². The summed E-state index contributed by atoms with van der Waals surface area (Å²) >= 11 is 0. The molecular weight excluding hydrogens is 376 g/mol. The van der Waals surface area contributed by atoms with Crippen molar-refractivity contribution < 1.29 is 17.9 Å². The number of amides is 1. The number of carbonyl (C=O) groups excluding carboxylic acids is 1. The minimum atomic E-state index is -3.80. The van der Waals surface area contributed by atoms with Gasteiger partial charge in [-0.2, -0.15) is 0 Å². The number of nitrogens with one attached hydrogen (secondary N) is 2. The highest BCUT2D eigenvalue weighted by Crippen LogP contribution is 2.29. The fourth-order valence-electron chi connectivity index (χ4n) is 3.12. The monoisotopic (exact) mass is 398 g/mol. The molecule has 146 valence electrons. The van der Waals surface area contributed by atoms with E-state index in [0.29, 0.717) is 5.69 Å². The van der Waals surface area contributed by atoms with E-state index >= 15 is 0 Å². The van der Waals surface area contributed by atoms with Crippen molar-refractivity contribution in [3.8, 4) is 5.75 Å². The largest absolute Gasteiger partial charge is 0.495 e. The molecule has 0 saturated carbocycles. The molecule has 0 aliphatic heterocycles. The highest BCUT2D eigenvalue weighted by molar-refractivity contribution is 7.89. The van der Waals surface area contributed by atoms with Gasteiger partial charge < -0.3 is 10.1 Å². The van der Waals surface area contributed by atoms with E-state index in [1.54, 1.807) is 0 Å². The van der Waals surface area contributed by atoms with Crippen LogP contribution in [0.25, 0.3) is 10.8 Å². The van der Waals surface area contributed by atoms with Crippen LogP contribution in [0.15, 0.2) is 65.6 Å². The Hall–Kier alpha value is -2.90. The first-order valence-corrected chi connectivity index (χ1v) is 10.3. The molecule has 0 saturated heterocycles. The Morgan fingerprint density at radius 1 is 1.04 bits per heavy atom. The topological polar surface area (TPSA) is 84.5 Å². The normalized spacial score (nSPS) is 12.5. The van der Waals surface area contributed by atoms with Gasteiger partial charge in [-0.3, -0.25) is 4.79 Å². The van der Waals surface area contributed by atoms with Crippen molar-refractivity contribution in [1.82, 2.24) is 4.72 Å². The summed E-state index contributed by atoms with van der Waals surface area (Å²) in [7, 11) is -2.38. The van der Waals surface area contributed by atoms with Gasteiger partial charge in [0.25, 0.3) is 0 Å². The molecule has 0 heterocycles. The minimum Gasteiger partial charge on any atom is -0.495 e. The van der Waals surface area contributed by atoms with E-state index in [4.69, 9.17) is 4.74 Å². The Morgan fingerprint density at radius 2 is 1.75 bits per heavy atom. The van der Waals surface area contributed by atoms with Gasteiger partial charge in [0.05, 0.1) is 17.7 Å². The molecule has 7 heteroatoms. The quantitative estimate of drug-likeness (QED) is 0.661. The van der Waals surface area contributed by atoms with Gasteiger partial charge in [0.1, 0.15) is 5.75 Å². The van der Waals surface area contributed by atoms with Crippen molar-refractivity contribution >= 4 is 32.4 Å². The summed E-state index contributed by atoms with van der Waals surface area (Å²) in [4.78, 5) is 11.3. The molecule has 0 fully saturated rings. The highest BCUT2D eigenvalue weighted by Gasteiger charge is 2.21. The van der Waals surface area contributed by atoms with Crippen molar-refractivity contribution in [2.45, 2.75) is 24.8 Å². The zero-order valence-corrected chi connectivity index (χ0v) is 16.7. The number of hydrogen-bond donors (Lipinski definition) is 2. The molecule has 0 radical (unpaired) electrons. The maximum atomic E-state index is 12.9. The van der Waals surface area contributed by atoms with Gasteiger partial charge >= 0.3 is 0 Å². The first-order chi connectivity index (χ1) is 13.3. The minimum absolute atomic E-state index is 0.0607. The standard InChI is InChI=1S/C21H22N2O4S/c1-14(18-10-6-8-16-7-4-5-9-19(16)18)23-28(25,26)17-11-12-20(22-15(2)24)21(13-17)27-3/h4-14,23H,1-3H3,(H,22,24)/t14-/m0/s1. The molecule has 2 N–H and O–H groups in total. The van der Waals surface area contributed by atoms with E-state index in [-0.39, 0.29) is 16.6 Å². The summed E-state index contributed by atoms with van der Waals surface area (Å²) in [5.74, 6) is 0.00694. The second kappa shape index (κ2) is 8.00. The van der Waals surface area contributed by atoms with E-state index in [1.807, 2.05) is 49.4 Å². The number of sulfonamides is 1. The van der Waals surface area contributed by atoms with Gasteiger partial charge in [-0.05, 0) is 35.4 Å². The van der Waals surface area contributed by atoms with Crippen LogP contribution < -0.4 is 14.8 Å². The number of carbonyl (C=O) groups is 1. The fourth-order valence-corrected chi connectivity index (χ4v) is 4.36. The van der Waals surface area contributed by atoms with Gasteiger partial charge in [0.15, 0.2) is 0 Å². The number of anilines is 1. The Bertz CT molecular complexity index is 1120. The lowest BCUT2D eigenvalue weighted by molar-refractivity contribution is -0.114. The third-order valence-corrected chi connectivity index (χ3v) is 5.95. The molecule has 0 bridgehead atoms. The van der Waals surface area contributed by atoms with Gasteiger partial charge in [-0.25, -0.2) is 13.1 Å². The van der Waals surface area contributed by atoms with Crippen LogP contribution in [-0.4, -0.2) is 21.4 Å². The second-order valence-electron chi connectivity index (χ2n) is 6.45. The van der Waals surface area contributed by atoms with Crippen molar-refractivity contribution in [1.29, 1.82) is 0 Å². The molecule has 1 atom stereocenters. The van der Waals surface area contributed by atoms with E-state index in [0.717, 1.165) is 16.3 Å². The van der Waals surface area contributed by atoms with Crippen LogP contribution in [0.1, 0.15) is 25.5 Å². The lowest BCUT2D eigenvalue weighted by Crippen LogP contribution is -2.27. The lowest BCUT2D eigenvalue weighted by Gasteiger charge is -2.18. The Balaban J connectivity index is 1.92. The second-order valence-corrected chi connectivity index (χ2v) is 8.17. The van der Waals surface area contributed by atoms with Crippen LogP contribution in [0.2, 0.25) is 0 Å². The highest BCUT2D eigenvalue weighted by atomic mass is 32.2. The molecule has 28 heavy (non-hydrogen) atoms. The number of ether oxygens (including phenoxy) is 1. The van der Waals surface area contributed by atoms with Crippen LogP contribution in [0.3, 0.4) is 0 Å². The van der Waals surface area contributed by atoms with Gasteiger partial charge in [0, 0.05) is 19.0 Å². The molecular formula is C21H22N2O4S. The Labute approximate surface area is 164 Å². The van der Waals surface area contributed by atoms with Crippen LogP contribution in [0, 0.1) is 0 Å². The molecule has 0 spiro atoms. The van der Waals surface area contributed by atoms with Crippen LogP contribution in [-0.2, 0) is 14.8 Å². The number of benzene rings is 3. The Morgan fingerprint density at radius 3 is 2.46 bits per heavy atom. The average Bonchev–Trinajstić information content (AvgIpc) is 2.66. The number of hydrogen-bond acceptors (Lipinski definition) is 4. The van der Waals surface area contributed by atoms with Crippen LogP contribution in [0.5, 0.6) is 5.75 Å². The molecule has 3 aromatic rings. The summed E-state index contributed by atoms with van der Waals surface area (Å²) in [6, 6.07) is 17.6. The number of rotatable bonds is 6. The zero-order valence-electron chi connectivity index (χ0n) is 15.9. The number of methoxy groups -OCH3 is 1. The summed E-state index contributed by atoms with van der Waals surface area (Å²) in [6.45, 7) is 3.18. The maximum absolute atomic E-state index is 12.9. The van der Waals surface area contributed by atoms with Crippen molar-refractivity contribution in [3.05, 3.63) is 66.2 Å². The SMILES string of the molecule is COc1cc(S(=O)(=O)N[C@@H](C)c2cccc3ccccc23)ccc1NC(C)=O. The summed E-state index contributed by atoms with van der Waals surface area (Å²) < 4.78 is 33.7. The predicted octanol–water partition coefficient (Wildman–Crippen LogP) is 3.85. The third kappa shape index (κ3) is 4.16. The molecule has 3 rings (SSSR count). The van der Waals surface area contributed by atoms with Crippen LogP contribution >= 0.6 is 0 Å². The predicted molar refractivity (Wildman–Crippen MR) is 110 cm³/mol. The molecule has 0 aliphatic carbocycles. The van der Waals surface area contributed by atoms with Crippen molar-refractivity contribution in [3.63, 3.8) is 0 Å².